The lowest BCUT2D eigenvalue weighted by Gasteiger charge is -2.13. The molecule has 6 nitrogen and oxygen atoms in total. The summed E-state index contributed by atoms with van der Waals surface area (Å²) in [5, 5.41) is 10.9. The number of benzene rings is 3. The Hall–Kier alpha value is -4.34. The van der Waals surface area contributed by atoms with Crippen LogP contribution < -0.4 is 0 Å². The van der Waals surface area contributed by atoms with Gasteiger partial charge in [-0.05, 0) is 52.8 Å². The summed E-state index contributed by atoms with van der Waals surface area (Å²) < 4.78 is 3.81. The number of hydrogen-bond donors (Lipinski definition) is 1. The number of fused-ring (bicyclic) bond motifs is 1. The highest BCUT2D eigenvalue weighted by molar-refractivity contribution is 6.32. The van der Waals surface area contributed by atoms with E-state index in [0.29, 0.717) is 24.5 Å². The number of carboxylic acids is 1. The second kappa shape index (κ2) is 10.3. The molecule has 0 saturated heterocycles. The zero-order chi connectivity index (χ0) is 25.9. The molecule has 5 rings (SSSR count). The van der Waals surface area contributed by atoms with Gasteiger partial charge >= 0.3 is 5.97 Å². The Bertz CT molecular complexity index is 1640. The first-order valence-electron chi connectivity index (χ1n) is 12.2. The fourth-order valence-electron chi connectivity index (χ4n) is 4.65. The first kappa shape index (κ1) is 24.4. The molecule has 0 amide bonds. The van der Waals surface area contributed by atoms with Crippen molar-refractivity contribution in [3.8, 4) is 16.8 Å². The summed E-state index contributed by atoms with van der Waals surface area (Å²) in [6.45, 7) is 10.1. The smallest absolute Gasteiger partial charge is 0.355 e. The standard InChI is InChI=1S/C30H25ClN4O2/c1-3-4-9-27-33-29(31)28(30(36)37)35(27)19-20-10-12-21(13-11-20)24-18-23(14-15-25(24)32-2)34-17-16-22-7-5-6-8-26(22)34/h5-8,10-18H,3-4,9,19H2,1H3,(H,36,37). The number of para-hydroxylation sites is 1. The molecule has 0 atom stereocenters. The number of carbonyl (C=O) groups is 1. The molecule has 0 unspecified atom stereocenters. The van der Waals surface area contributed by atoms with Crippen molar-refractivity contribution in [3.63, 3.8) is 0 Å². The van der Waals surface area contributed by atoms with Crippen LogP contribution in [0.2, 0.25) is 5.15 Å². The van der Waals surface area contributed by atoms with E-state index < -0.39 is 5.97 Å². The third-order valence-electron chi connectivity index (χ3n) is 6.54. The van der Waals surface area contributed by atoms with Crippen molar-refractivity contribution in [3.05, 3.63) is 113 Å². The van der Waals surface area contributed by atoms with Crippen molar-refractivity contribution in [1.29, 1.82) is 0 Å². The lowest BCUT2D eigenvalue weighted by Crippen LogP contribution is -2.13. The minimum Gasteiger partial charge on any atom is -0.476 e. The highest BCUT2D eigenvalue weighted by atomic mass is 35.5. The molecule has 0 radical (unpaired) electrons. The van der Waals surface area contributed by atoms with Crippen molar-refractivity contribution in [1.82, 2.24) is 14.1 Å². The molecular formula is C30H25ClN4O2. The van der Waals surface area contributed by atoms with E-state index in [1.165, 1.54) is 0 Å². The fraction of sp³-hybridized carbons (Fsp3) is 0.167. The van der Waals surface area contributed by atoms with E-state index in [2.05, 4.69) is 39.5 Å². The van der Waals surface area contributed by atoms with Gasteiger partial charge in [0.05, 0.1) is 12.1 Å². The van der Waals surface area contributed by atoms with Crippen LogP contribution >= 0.6 is 11.6 Å². The Labute approximate surface area is 220 Å². The van der Waals surface area contributed by atoms with E-state index in [1.54, 1.807) is 4.57 Å². The molecular weight excluding hydrogens is 484 g/mol. The number of imidazole rings is 1. The van der Waals surface area contributed by atoms with Crippen LogP contribution in [0.5, 0.6) is 0 Å². The predicted octanol–water partition coefficient (Wildman–Crippen LogP) is 7.79. The minimum absolute atomic E-state index is 0.0128. The number of carboxylic acid groups (broad SMARTS) is 1. The van der Waals surface area contributed by atoms with E-state index in [9.17, 15) is 9.90 Å². The zero-order valence-corrected chi connectivity index (χ0v) is 21.1. The number of aromatic nitrogens is 3. The van der Waals surface area contributed by atoms with Gasteiger partial charge in [-0.3, -0.25) is 0 Å². The van der Waals surface area contributed by atoms with Crippen molar-refractivity contribution in [2.45, 2.75) is 32.7 Å². The topological polar surface area (TPSA) is 64.4 Å². The van der Waals surface area contributed by atoms with Gasteiger partial charge < -0.3 is 14.2 Å². The van der Waals surface area contributed by atoms with Gasteiger partial charge in [0.15, 0.2) is 16.5 Å². The van der Waals surface area contributed by atoms with E-state index in [1.807, 2.05) is 60.8 Å². The number of rotatable bonds is 8. The van der Waals surface area contributed by atoms with E-state index in [0.717, 1.165) is 46.1 Å². The van der Waals surface area contributed by atoms with Crippen LogP contribution in [0.25, 0.3) is 32.6 Å². The molecule has 2 aromatic heterocycles. The Morgan fingerprint density at radius 3 is 2.59 bits per heavy atom. The molecule has 0 bridgehead atoms. The van der Waals surface area contributed by atoms with Crippen molar-refractivity contribution < 1.29 is 9.90 Å². The Kier molecular flexibility index (Phi) is 6.80. The molecule has 7 heteroatoms. The van der Waals surface area contributed by atoms with Crippen LogP contribution in [0.4, 0.5) is 5.69 Å². The molecule has 0 aliphatic carbocycles. The molecule has 0 aliphatic heterocycles. The molecule has 5 aromatic rings. The zero-order valence-electron chi connectivity index (χ0n) is 20.4. The van der Waals surface area contributed by atoms with Gasteiger partial charge in [-0.2, -0.15) is 0 Å². The first-order valence-corrected chi connectivity index (χ1v) is 12.5. The monoisotopic (exact) mass is 508 g/mol. The quantitative estimate of drug-likeness (QED) is 0.217. The maximum atomic E-state index is 11.9. The molecule has 184 valence electrons. The van der Waals surface area contributed by atoms with Gasteiger partial charge in [0.25, 0.3) is 0 Å². The van der Waals surface area contributed by atoms with Crippen molar-refractivity contribution >= 4 is 34.2 Å². The van der Waals surface area contributed by atoms with Gasteiger partial charge in [-0.25, -0.2) is 14.6 Å². The fourth-order valence-corrected chi connectivity index (χ4v) is 4.93. The van der Waals surface area contributed by atoms with Crippen LogP contribution in [-0.4, -0.2) is 25.2 Å². The summed E-state index contributed by atoms with van der Waals surface area (Å²) in [5.41, 5.74) is 5.36. The van der Waals surface area contributed by atoms with E-state index in [4.69, 9.17) is 18.2 Å². The number of unbranched alkanes of at least 4 members (excludes halogenated alkanes) is 1. The van der Waals surface area contributed by atoms with Crippen LogP contribution in [0.15, 0.2) is 79.0 Å². The highest BCUT2D eigenvalue weighted by Crippen LogP contribution is 2.34. The maximum Gasteiger partial charge on any atom is 0.355 e. The molecule has 0 aliphatic rings. The molecule has 3 aromatic carbocycles. The molecule has 2 heterocycles. The summed E-state index contributed by atoms with van der Waals surface area (Å²) in [7, 11) is 0. The third-order valence-corrected chi connectivity index (χ3v) is 6.81. The van der Waals surface area contributed by atoms with Gasteiger partial charge in [0, 0.05) is 24.8 Å². The van der Waals surface area contributed by atoms with Crippen molar-refractivity contribution in [2.24, 2.45) is 0 Å². The van der Waals surface area contributed by atoms with Crippen LogP contribution in [-0.2, 0) is 13.0 Å². The number of hydrogen-bond acceptors (Lipinski definition) is 2. The van der Waals surface area contributed by atoms with Gasteiger partial charge in [-0.15, -0.1) is 0 Å². The average molecular weight is 509 g/mol. The third kappa shape index (κ3) is 4.74. The summed E-state index contributed by atoms with van der Waals surface area (Å²) in [5.74, 6) is -0.414. The normalized spacial score (nSPS) is 11.1. The van der Waals surface area contributed by atoms with Crippen LogP contribution in [0.1, 0.15) is 41.6 Å². The number of halogens is 1. The summed E-state index contributed by atoms with van der Waals surface area (Å²) >= 11 is 6.18. The Morgan fingerprint density at radius 1 is 1.08 bits per heavy atom. The summed E-state index contributed by atoms with van der Waals surface area (Å²) in [4.78, 5) is 19.9. The highest BCUT2D eigenvalue weighted by Gasteiger charge is 2.21. The second-order valence-electron chi connectivity index (χ2n) is 8.92. The number of aryl methyl sites for hydroxylation is 1. The van der Waals surface area contributed by atoms with Gasteiger partial charge in [0.1, 0.15) is 5.82 Å². The lowest BCUT2D eigenvalue weighted by atomic mass is 10.0. The Morgan fingerprint density at radius 2 is 1.86 bits per heavy atom. The van der Waals surface area contributed by atoms with Gasteiger partial charge in [0.2, 0.25) is 0 Å². The van der Waals surface area contributed by atoms with Crippen molar-refractivity contribution in [2.75, 3.05) is 0 Å². The first-order chi connectivity index (χ1) is 18.0. The van der Waals surface area contributed by atoms with Crippen LogP contribution in [0, 0.1) is 6.57 Å². The van der Waals surface area contributed by atoms with Gasteiger partial charge in [-0.1, -0.05) is 73.5 Å². The lowest BCUT2D eigenvalue weighted by molar-refractivity contribution is 0.0685. The molecule has 0 fully saturated rings. The largest absolute Gasteiger partial charge is 0.476 e. The SMILES string of the molecule is [C-]#[N+]c1ccc(-n2ccc3ccccc32)cc1-c1ccc(Cn2c(CCCC)nc(Cl)c2C(=O)O)cc1. The molecule has 0 spiro atoms. The minimum atomic E-state index is -1.09. The number of nitrogens with zero attached hydrogens (tertiary/aromatic N) is 4. The number of aromatic carboxylic acids is 1. The van der Waals surface area contributed by atoms with E-state index in [-0.39, 0.29) is 10.8 Å². The Balaban J connectivity index is 1.49. The molecule has 37 heavy (non-hydrogen) atoms. The molecule has 1 N–H and O–H groups in total. The predicted molar refractivity (Wildman–Crippen MR) is 147 cm³/mol. The summed E-state index contributed by atoms with van der Waals surface area (Å²) in [6, 6.07) is 24.0. The molecule has 0 saturated carbocycles. The van der Waals surface area contributed by atoms with E-state index >= 15 is 0 Å². The second-order valence-corrected chi connectivity index (χ2v) is 9.28. The average Bonchev–Trinajstić information content (AvgIpc) is 3.48. The summed E-state index contributed by atoms with van der Waals surface area (Å²) in [6.07, 6.45) is 4.58. The maximum absolute atomic E-state index is 11.9. The van der Waals surface area contributed by atoms with Crippen LogP contribution in [0.3, 0.4) is 0 Å².